The second-order valence-corrected chi connectivity index (χ2v) is 3.42. The molecule has 0 radical (unpaired) electrons. The second-order valence-electron chi connectivity index (χ2n) is 2.57. The molecule has 0 aliphatic rings. The van der Waals surface area contributed by atoms with Crippen molar-refractivity contribution < 1.29 is 13.2 Å². The Morgan fingerprint density at radius 1 is 1.29 bits per heavy atom. The molecule has 76 valence electrons. The molecule has 0 aliphatic heterocycles. The van der Waals surface area contributed by atoms with E-state index < -0.39 is 11.9 Å². The molecular formula is C9H8F3NS. The van der Waals surface area contributed by atoms with Crippen molar-refractivity contribution in [3.63, 3.8) is 0 Å². The summed E-state index contributed by atoms with van der Waals surface area (Å²) in [5.41, 5.74) is -1.35. The van der Waals surface area contributed by atoms with Crippen molar-refractivity contribution >= 4 is 17.5 Å². The summed E-state index contributed by atoms with van der Waals surface area (Å²) in [5.74, 6) is 0. The van der Waals surface area contributed by atoms with Gasteiger partial charge in [-0.15, -0.1) is 11.8 Å². The van der Waals surface area contributed by atoms with Gasteiger partial charge in [-0.1, -0.05) is 18.2 Å². The molecule has 0 heterocycles. The van der Waals surface area contributed by atoms with Gasteiger partial charge in [0.15, 0.2) is 0 Å². The molecule has 1 rings (SSSR count). The van der Waals surface area contributed by atoms with Crippen LogP contribution in [-0.2, 0) is 0 Å². The zero-order valence-electron chi connectivity index (χ0n) is 7.35. The average molecular weight is 219 g/mol. The van der Waals surface area contributed by atoms with Crippen molar-refractivity contribution in [3.05, 3.63) is 29.8 Å². The number of benzene rings is 1. The van der Waals surface area contributed by atoms with E-state index in [9.17, 15) is 13.2 Å². The van der Waals surface area contributed by atoms with Crippen molar-refractivity contribution in [2.45, 2.75) is 11.1 Å². The van der Waals surface area contributed by atoms with E-state index in [2.05, 4.69) is 0 Å². The Morgan fingerprint density at radius 3 is 2.36 bits per heavy atom. The fourth-order valence-electron chi connectivity index (χ4n) is 1.00. The molecule has 5 heteroatoms. The van der Waals surface area contributed by atoms with E-state index in [-0.39, 0.29) is 5.56 Å². The molecule has 0 spiro atoms. The van der Waals surface area contributed by atoms with Gasteiger partial charge in [0.2, 0.25) is 0 Å². The molecule has 0 fully saturated rings. The third-order valence-electron chi connectivity index (χ3n) is 1.66. The summed E-state index contributed by atoms with van der Waals surface area (Å²) >= 11 is 1.20. The molecule has 0 aliphatic carbocycles. The van der Waals surface area contributed by atoms with Crippen molar-refractivity contribution in [1.82, 2.24) is 0 Å². The lowest BCUT2D eigenvalue weighted by molar-refractivity contribution is -0.0588. The minimum atomic E-state index is -4.58. The topological polar surface area (TPSA) is 23.9 Å². The van der Waals surface area contributed by atoms with Gasteiger partial charge in [-0.05, 0) is 12.3 Å². The molecule has 0 atom stereocenters. The van der Waals surface area contributed by atoms with E-state index in [1.54, 1.807) is 18.4 Å². The molecule has 1 N–H and O–H groups in total. The van der Waals surface area contributed by atoms with Crippen LogP contribution in [0.15, 0.2) is 29.2 Å². The van der Waals surface area contributed by atoms with Gasteiger partial charge in [0, 0.05) is 10.5 Å². The summed E-state index contributed by atoms with van der Waals surface area (Å²) in [4.78, 5) is 0.467. The molecule has 1 nitrogen and oxygen atoms in total. The minimum absolute atomic E-state index is 0.0625. The molecule has 0 saturated heterocycles. The van der Waals surface area contributed by atoms with E-state index in [0.717, 1.165) is 0 Å². The fraction of sp³-hybridized carbons (Fsp3) is 0.222. The number of nitrogens with one attached hydrogen (secondary N) is 1. The summed E-state index contributed by atoms with van der Waals surface area (Å²) in [7, 11) is 0. The maximum atomic E-state index is 12.2. The smallest absolute Gasteiger partial charge is 0.296 e. The third kappa shape index (κ3) is 2.29. The summed E-state index contributed by atoms with van der Waals surface area (Å²) < 4.78 is 36.7. The van der Waals surface area contributed by atoms with Crippen LogP contribution in [0, 0.1) is 5.41 Å². The summed E-state index contributed by atoms with van der Waals surface area (Å²) in [6.45, 7) is 0. The van der Waals surface area contributed by atoms with Crippen LogP contribution in [-0.4, -0.2) is 18.1 Å². The van der Waals surface area contributed by atoms with Crippen LogP contribution in [0.4, 0.5) is 13.2 Å². The van der Waals surface area contributed by atoms with Crippen molar-refractivity contribution in [3.8, 4) is 0 Å². The zero-order chi connectivity index (χ0) is 10.8. The average Bonchev–Trinajstić information content (AvgIpc) is 2.15. The Kier molecular flexibility index (Phi) is 3.21. The number of hydrogen-bond donors (Lipinski definition) is 1. The lowest BCUT2D eigenvalue weighted by Crippen LogP contribution is -2.23. The molecule has 0 saturated carbocycles. The number of rotatable bonds is 2. The Balaban J connectivity index is 3.13. The first-order valence-corrected chi connectivity index (χ1v) is 4.98. The van der Waals surface area contributed by atoms with Crippen LogP contribution >= 0.6 is 11.8 Å². The first-order chi connectivity index (χ1) is 6.46. The lowest BCUT2D eigenvalue weighted by Gasteiger charge is -2.11. The van der Waals surface area contributed by atoms with E-state index in [0.29, 0.717) is 4.90 Å². The van der Waals surface area contributed by atoms with Gasteiger partial charge in [-0.3, -0.25) is 5.41 Å². The van der Waals surface area contributed by atoms with Gasteiger partial charge < -0.3 is 0 Å². The monoisotopic (exact) mass is 219 g/mol. The summed E-state index contributed by atoms with van der Waals surface area (Å²) in [6.07, 6.45) is -2.89. The van der Waals surface area contributed by atoms with Crippen LogP contribution in [0.2, 0.25) is 0 Å². The van der Waals surface area contributed by atoms with Gasteiger partial charge in [-0.25, -0.2) is 0 Å². The van der Waals surface area contributed by atoms with Crippen molar-refractivity contribution in [1.29, 1.82) is 5.41 Å². The van der Waals surface area contributed by atoms with Crippen molar-refractivity contribution in [2.24, 2.45) is 0 Å². The lowest BCUT2D eigenvalue weighted by atomic mass is 10.1. The Bertz CT molecular complexity index is 346. The normalized spacial score (nSPS) is 11.4. The van der Waals surface area contributed by atoms with Crippen molar-refractivity contribution in [2.75, 3.05) is 6.26 Å². The van der Waals surface area contributed by atoms with Gasteiger partial charge >= 0.3 is 6.18 Å². The van der Waals surface area contributed by atoms with Crippen LogP contribution in [0.5, 0.6) is 0 Å². The van der Waals surface area contributed by atoms with Gasteiger partial charge in [0.25, 0.3) is 0 Å². The quantitative estimate of drug-likeness (QED) is 0.598. The largest absolute Gasteiger partial charge is 0.433 e. The molecule has 0 amide bonds. The molecule has 1 aromatic carbocycles. The number of halogens is 3. The summed E-state index contributed by atoms with van der Waals surface area (Å²) in [6, 6.07) is 6.02. The summed E-state index contributed by atoms with van der Waals surface area (Å²) in [5, 5.41) is 6.99. The standard InChI is InChI=1S/C9H8F3NS/c1-14-7-5-3-2-4-6(7)8(13)9(10,11)12/h2-5,13H,1H3. The van der Waals surface area contributed by atoms with E-state index >= 15 is 0 Å². The first kappa shape index (κ1) is 11.1. The predicted octanol–water partition coefficient (Wildman–Crippen LogP) is 3.34. The molecule has 1 aromatic rings. The van der Waals surface area contributed by atoms with E-state index in [1.165, 1.54) is 23.9 Å². The molecule has 0 aromatic heterocycles. The Hall–Kier alpha value is -0.970. The third-order valence-corrected chi connectivity index (χ3v) is 2.46. The first-order valence-electron chi connectivity index (χ1n) is 3.76. The zero-order valence-corrected chi connectivity index (χ0v) is 8.17. The highest BCUT2D eigenvalue weighted by Crippen LogP contribution is 2.27. The highest BCUT2D eigenvalue weighted by atomic mass is 32.2. The fourth-order valence-corrected chi connectivity index (χ4v) is 1.61. The maximum absolute atomic E-state index is 12.2. The second kappa shape index (κ2) is 4.04. The predicted molar refractivity (Wildman–Crippen MR) is 51.1 cm³/mol. The van der Waals surface area contributed by atoms with E-state index in [4.69, 9.17) is 5.41 Å². The number of thioether (sulfide) groups is 1. The van der Waals surface area contributed by atoms with Crippen LogP contribution in [0.25, 0.3) is 0 Å². The molecular weight excluding hydrogens is 211 g/mol. The van der Waals surface area contributed by atoms with Gasteiger partial charge in [0.1, 0.15) is 5.71 Å². The highest BCUT2D eigenvalue weighted by molar-refractivity contribution is 7.98. The molecule has 0 bridgehead atoms. The van der Waals surface area contributed by atoms with Gasteiger partial charge in [-0.2, -0.15) is 13.2 Å². The van der Waals surface area contributed by atoms with Gasteiger partial charge in [0.05, 0.1) is 0 Å². The van der Waals surface area contributed by atoms with Crippen LogP contribution in [0.3, 0.4) is 0 Å². The van der Waals surface area contributed by atoms with Crippen LogP contribution < -0.4 is 0 Å². The Morgan fingerprint density at radius 2 is 1.86 bits per heavy atom. The maximum Gasteiger partial charge on any atom is 0.433 e. The number of alkyl halides is 3. The molecule has 14 heavy (non-hydrogen) atoms. The number of hydrogen-bond acceptors (Lipinski definition) is 2. The Labute approximate surface area is 83.8 Å². The SMILES string of the molecule is CSc1ccccc1C(=N)C(F)(F)F. The highest BCUT2D eigenvalue weighted by Gasteiger charge is 2.36. The molecule has 0 unspecified atom stereocenters. The van der Waals surface area contributed by atoms with E-state index in [1.807, 2.05) is 0 Å². The minimum Gasteiger partial charge on any atom is -0.296 e. The van der Waals surface area contributed by atoms with Crippen LogP contribution in [0.1, 0.15) is 5.56 Å².